The Morgan fingerprint density at radius 2 is 1.47 bits per heavy atom. The van der Waals surface area contributed by atoms with Crippen LogP contribution in [0.15, 0.2) is 54.6 Å². The number of hydrogen-bond donors (Lipinski definition) is 1. The lowest BCUT2D eigenvalue weighted by molar-refractivity contribution is 0.203. The van der Waals surface area contributed by atoms with Crippen molar-refractivity contribution >= 4 is 11.8 Å². The summed E-state index contributed by atoms with van der Waals surface area (Å²) in [5.41, 5.74) is 3.01. The summed E-state index contributed by atoms with van der Waals surface area (Å²) in [4.78, 5) is 11.8. The van der Waals surface area contributed by atoms with Gasteiger partial charge in [0, 0.05) is 12.7 Å². The Bertz CT molecular complexity index is 523. The molecule has 2 aromatic rings. The summed E-state index contributed by atoms with van der Waals surface area (Å²) in [5.74, 6) is 0. The summed E-state index contributed by atoms with van der Waals surface area (Å²) in [6.45, 7) is 3.97. The van der Waals surface area contributed by atoms with E-state index in [1.54, 1.807) is 6.07 Å². The number of amides is 1. The lowest BCUT2D eigenvalue weighted by Gasteiger charge is -2.14. The third-order valence-corrected chi connectivity index (χ3v) is 2.70. The molecule has 0 aliphatic heterocycles. The molecule has 0 radical (unpaired) electrons. The standard InChI is InChI=1S/C9H11NO2.C7H8/c1-7-5-3-4-6-8(7)10(2)9(11)12;1-7-5-3-2-4-6-7/h3-6H,1-2H3,(H,11,12);2-6H,1H3. The highest BCUT2D eigenvalue weighted by Crippen LogP contribution is 2.17. The minimum Gasteiger partial charge on any atom is -0.465 e. The maximum absolute atomic E-state index is 10.6. The van der Waals surface area contributed by atoms with Crippen LogP contribution in [0.4, 0.5) is 10.5 Å². The molecular weight excluding hydrogens is 238 g/mol. The van der Waals surface area contributed by atoms with Gasteiger partial charge in [-0.2, -0.15) is 0 Å². The van der Waals surface area contributed by atoms with E-state index in [1.165, 1.54) is 17.5 Å². The third-order valence-electron chi connectivity index (χ3n) is 2.70. The molecule has 0 atom stereocenters. The molecule has 0 heterocycles. The van der Waals surface area contributed by atoms with Crippen LogP contribution in [0.25, 0.3) is 0 Å². The van der Waals surface area contributed by atoms with Gasteiger partial charge in [-0.15, -0.1) is 0 Å². The molecule has 1 N–H and O–H groups in total. The molecule has 100 valence electrons. The Labute approximate surface area is 114 Å². The third kappa shape index (κ3) is 4.84. The fourth-order valence-corrected chi connectivity index (χ4v) is 1.58. The zero-order chi connectivity index (χ0) is 14.3. The first-order valence-electron chi connectivity index (χ1n) is 6.06. The molecule has 19 heavy (non-hydrogen) atoms. The number of para-hydroxylation sites is 1. The van der Waals surface area contributed by atoms with Gasteiger partial charge in [0.15, 0.2) is 0 Å². The van der Waals surface area contributed by atoms with Crippen LogP contribution in [0.1, 0.15) is 11.1 Å². The van der Waals surface area contributed by atoms with Gasteiger partial charge in [0.2, 0.25) is 0 Å². The van der Waals surface area contributed by atoms with E-state index >= 15 is 0 Å². The van der Waals surface area contributed by atoms with E-state index in [0.29, 0.717) is 0 Å². The molecule has 0 saturated carbocycles. The van der Waals surface area contributed by atoms with Crippen molar-refractivity contribution in [1.29, 1.82) is 0 Å². The molecule has 0 bridgehead atoms. The van der Waals surface area contributed by atoms with E-state index in [1.807, 2.05) is 43.3 Å². The highest BCUT2D eigenvalue weighted by atomic mass is 16.4. The molecule has 2 aromatic carbocycles. The second kappa shape index (κ2) is 7.21. The Balaban J connectivity index is 0.000000218. The maximum atomic E-state index is 10.6. The van der Waals surface area contributed by atoms with Crippen molar-refractivity contribution in [2.75, 3.05) is 11.9 Å². The Kier molecular flexibility index (Phi) is 5.61. The quantitative estimate of drug-likeness (QED) is 0.835. The molecule has 3 nitrogen and oxygen atoms in total. The lowest BCUT2D eigenvalue weighted by atomic mass is 10.2. The van der Waals surface area contributed by atoms with Crippen LogP contribution in [-0.2, 0) is 0 Å². The number of anilines is 1. The fourth-order valence-electron chi connectivity index (χ4n) is 1.58. The van der Waals surface area contributed by atoms with Gasteiger partial charge in [-0.3, -0.25) is 4.90 Å². The van der Waals surface area contributed by atoms with Crippen molar-refractivity contribution in [2.45, 2.75) is 13.8 Å². The summed E-state index contributed by atoms with van der Waals surface area (Å²) in [6, 6.07) is 17.6. The van der Waals surface area contributed by atoms with Crippen molar-refractivity contribution in [1.82, 2.24) is 0 Å². The van der Waals surface area contributed by atoms with Gasteiger partial charge in [0.25, 0.3) is 0 Å². The molecule has 0 aliphatic rings. The van der Waals surface area contributed by atoms with Crippen molar-refractivity contribution in [2.24, 2.45) is 0 Å². The van der Waals surface area contributed by atoms with Crippen molar-refractivity contribution in [3.8, 4) is 0 Å². The molecule has 2 rings (SSSR count). The van der Waals surface area contributed by atoms with Crippen LogP contribution >= 0.6 is 0 Å². The molecule has 0 saturated heterocycles. The number of aryl methyl sites for hydroxylation is 2. The van der Waals surface area contributed by atoms with Gasteiger partial charge >= 0.3 is 6.09 Å². The number of benzene rings is 2. The number of rotatable bonds is 1. The first-order valence-corrected chi connectivity index (χ1v) is 6.06. The molecule has 3 heteroatoms. The van der Waals surface area contributed by atoms with Crippen LogP contribution in [0.5, 0.6) is 0 Å². The first kappa shape index (κ1) is 14.8. The Hall–Kier alpha value is -2.29. The van der Waals surface area contributed by atoms with E-state index in [-0.39, 0.29) is 0 Å². The first-order chi connectivity index (χ1) is 9.02. The Morgan fingerprint density at radius 3 is 1.89 bits per heavy atom. The SMILES string of the molecule is Cc1ccccc1.Cc1ccccc1N(C)C(=O)O. The van der Waals surface area contributed by atoms with Gasteiger partial charge in [-0.25, -0.2) is 4.79 Å². The van der Waals surface area contributed by atoms with Gasteiger partial charge in [-0.05, 0) is 25.5 Å². The monoisotopic (exact) mass is 257 g/mol. The minimum absolute atomic E-state index is 0.727. The van der Waals surface area contributed by atoms with E-state index in [4.69, 9.17) is 5.11 Å². The second-order valence-electron chi connectivity index (χ2n) is 4.28. The summed E-state index contributed by atoms with van der Waals surface area (Å²) in [7, 11) is 1.53. The zero-order valence-electron chi connectivity index (χ0n) is 11.5. The molecule has 0 fully saturated rings. The summed E-state index contributed by atoms with van der Waals surface area (Å²) in [5, 5.41) is 8.69. The van der Waals surface area contributed by atoms with Crippen molar-refractivity contribution in [3.05, 3.63) is 65.7 Å². The largest absolute Gasteiger partial charge is 0.465 e. The molecule has 0 aromatic heterocycles. The summed E-state index contributed by atoms with van der Waals surface area (Å²) < 4.78 is 0. The number of nitrogens with zero attached hydrogens (tertiary/aromatic N) is 1. The van der Waals surface area contributed by atoms with E-state index in [0.717, 1.165) is 11.3 Å². The highest BCUT2D eigenvalue weighted by Gasteiger charge is 2.09. The molecule has 0 spiro atoms. The molecule has 0 unspecified atom stereocenters. The van der Waals surface area contributed by atoms with E-state index in [9.17, 15) is 4.79 Å². The van der Waals surface area contributed by atoms with Gasteiger partial charge in [0.1, 0.15) is 0 Å². The van der Waals surface area contributed by atoms with E-state index < -0.39 is 6.09 Å². The maximum Gasteiger partial charge on any atom is 0.411 e. The smallest absolute Gasteiger partial charge is 0.411 e. The molecule has 0 aliphatic carbocycles. The lowest BCUT2D eigenvalue weighted by Crippen LogP contribution is -2.24. The highest BCUT2D eigenvalue weighted by molar-refractivity contribution is 5.86. The number of carboxylic acid groups (broad SMARTS) is 1. The van der Waals surface area contributed by atoms with Crippen molar-refractivity contribution < 1.29 is 9.90 Å². The fraction of sp³-hybridized carbons (Fsp3) is 0.188. The average molecular weight is 257 g/mol. The van der Waals surface area contributed by atoms with E-state index in [2.05, 4.69) is 19.1 Å². The number of carbonyl (C=O) groups is 1. The molecular formula is C16H19NO2. The predicted molar refractivity (Wildman–Crippen MR) is 78.8 cm³/mol. The topological polar surface area (TPSA) is 40.5 Å². The van der Waals surface area contributed by atoms with Gasteiger partial charge in [-0.1, -0.05) is 54.1 Å². The number of hydrogen-bond acceptors (Lipinski definition) is 1. The van der Waals surface area contributed by atoms with Crippen molar-refractivity contribution in [3.63, 3.8) is 0 Å². The Morgan fingerprint density at radius 1 is 0.947 bits per heavy atom. The van der Waals surface area contributed by atoms with Crippen LogP contribution < -0.4 is 4.90 Å². The zero-order valence-corrected chi connectivity index (χ0v) is 11.5. The van der Waals surface area contributed by atoms with Crippen LogP contribution in [0, 0.1) is 13.8 Å². The molecule has 1 amide bonds. The van der Waals surface area contributed by atoms with Gasteiger partial charge in [0.05, 0.1) is 0 Å². The summed E-state index contributed by atoms with van der Waals surface area (Å²) in [6.07, 6.45) is -0.940. The second-order valence-corrected chi connectivity index (χ2v) is 4.28. The van der Waals surface area contributed by atoms with Crippen LogP contribution in [-0.4, -0.2) is 18.2 Å². The van der Waals surface area contributed by atoms with Crippen LogP contribution in [0.3, 0.4) is 0 Å². The minimum atomic E-state index is -0.940. The normalized spacial score (nSPS) is 9.21. The predicted octanol–water partition coefficient (Wildman–Crippen LogP) is 4.10. The average Bonchev–Trinajstić information content (AvgIpc) is 2.40. The van der Waals surface area contributed by atoms with Gasteiger partial charge < -0.3 is 5.11 Å². The van der Waals surface area contributed by atoms with Crippen LogP contribution in [0.2, 0.25) is 0 Å². The summed E-state index contributed by atoms with van der Waals surface area (Å²) >= 11 is 0.